The number of nitrogens with one attached hydrogen (secondary N) is 1. The first-order valence-electron chi connectivity index (χ1n) is 10.2. The molecule has 1 fully saturated rings. The van der Waals surface area contributed by atoms with Gasteiger partial charge in [-0.15, -0.1) is 0 Å². The number of hydrogen-bond donors (Lipinski definition) is 1. The van der Waals surface area contributed by atoms with Crippen molar-refractivity contribution in [1.29, 1.82) is 0 Å². The molecule has 1 N–H and O–H groups in total. The summed E-state index contributed by atoms with van der Waals surface area (Å²) in [5.41, 5.74) is 1.53. The van der Waals surface area contributed by atoms with E-state index in [-0.39, 0.29) is 5.24 Å². The molecule has 2 aromatic rings. The SMILES string of the molecule is CCN(CC)CCN(C)c1nc(/C=C2/SC(=O)NC2=O)cc(OCc2ccccc2)n1. The molecule has 8 nitrogen and oxygen atoms in total. The number of nitrogens with zero attached hydrogens (tertiary/aromatic N) is 4. The first-order chi connectivity index (χ1) is 15.0. The Morgan fingerprint density at radius 3 is 2.48 bits per heavy atom. The molecule has 2 amide bonds. The molecule has 0 bridgehead atoms. The van der Waals surface area contributed by atoms with Gasteiger partial charge in [0.05, 0.1) is 10.6 Å². The number of carbonyl (C=O) groups is 2. The fourth-order valence-corrected chi connectivity index (χ4v) is 3.63. The van der Waals surface area contributed by atoms with Gasteiger partial charge in [0.1, 0.15) is 6.61 Å². The van der Waals surface area contributed by atoms with Crippen molar-refractivity contribution >= 4 is 34.9 Å². The van der Waals surface area contributed by atoms with Crippen molar-refractivity contribution < 1.29 is 14.3 Å². The number of likely N-dealkylation sites (N-methyl/N-ethyl adjacent to an activating group) is 2. The average molecular weight is 442 g/mol. The number of amides is 2. The van der Waals surface area contributed by atoms with Gasteiger partial charge >= 0.3 is 0 Å². The Bertz CT molecular complexity index is 947. The molecule has 0 atom stereocenters. The molecular weight excluding hydrogens is 414 g/mol. The van der Waals surface area contributed by atoms with Gasteiger partial charge in [-0.3, -0.25) is 14.9 Å². The van der Waals surface area contributed by atoms with E-state index in [4.69, 9.17) is 4.74 Å². The summed E-state index contributed by atoms with van der Waals surface area (Å²) in [4.78, 5) is 37.1. The molecule has 1 aliphatic rings. The first kappa shape index (κ1) is 22.8. The third kappa shape index (κ3) is 6.53. The lowest BCUT2D eigenvalue weighted by molar-refractivity contribution is -0.115. The van der Waals surface area contributed by atoms with Gasteiger partial charge in [-0.05, 0) is 36.5 Å². The van der Waals surface area contributed by atoms with E-state index in [9.17, 15) is 9.59 Å². The fraction of sp³-hybridized carbons (Fsp3) is 0.364. The second kappa shape index (κ2) is 10.9. The number of imide groups is 1. The number of aromatic nitrogens is 2. The molecule has 1 aliphatic heterocycles. The van der Waals surface area contributed by atoms with E-state index in [1.807, 2.05) is 42.3 Å². The van der Waals surface area contributed by atoms with Crippen LogP contribution in [0.15, 0.2) is 41.3 Å². The normalized spacial score (nSPS) is 14.9. The van der Waals surface area contributed by atoms with Crippen molar-refractivity contribution in [3.8, 4) is 5.88 Å². The van der Waals surface area contributed by atoms with Crippen LogP contribution in [0.3, 0.4) is 0 Å². The van der Waals surface area contributed by atoms with Crippen molar-refractivity contribution in [2.45, 2.75) is 20.5 Å². The van der Waals surface area contributed by atoms with Crippen LogP contribution < -0.4 is 15.0 Å². The lowest BCUT2D eigenvalue weighted by atomic mass is 10.2. The summed E-state index contributed by atoms with van der Waals surface area (Å²) in [5, 5.41) is 1.87. The number of ether oxygens (including phenoxy) is 1. The number of hydrogen-bond acceptors (Lipinski definition) is 8. The largest absolute Gasteiger partial charge is 0.473 e. The van der Waals surface area contributed by atoms with E-state index >= 15 is 0 Å². The number of rotatable bonds is 10. The second-order valence-electron chi connectivity index (χ2n) is 7.01. The Labute approximate surface area is 186 Å². The predicted octanol–water partition coefficient (Wildman–Crippen LogP) is 3.16. The summed E-state index contributed by atoms with van der Waals surface area (Å²) in [6.45, 7) is 8.21. The third-order valence-corrected chi connectivity index (χ3v) is 5.66. The summed E-state index contributed by atoms with van der Waals surface area (Å²) in [6.07, 6.45) is 1.59. The Morgan fingerprint density at radius 2 is 1.84 bits per heavy atom. The minimum Gasteiger partial charge on any atom is -0.473 e. The summed E-state index contributed by atoms with van der Waals surface area (Å²) in [5.74, 6) is 0.487. The molecule has 9 heteroatoms. The van der Waals surface area contributed by atoms with Crippen LogP contribution in [0.25, 0.3) is 6.08 Å². The van der Waals surface area contributed by atoms with Crippen LogP contribution in [-0.4, -0.2) is 59.2 Å². The number of thioether (sulfide) groups is 1. The fourth-order valence-electron chi connectivity index (χ4n) is 2.97. The van der Waals surface area contributed by atoms with Gasteiger partial charge in [0.25, 0.3) is 11.1 Å². The maximum absolute atomic E-state index is 11.9. The molecule has 2 heterocycles. The van der Waals surface area contributed by atoms with Crippen LogP contribution in [0, 0.1) is 0 Å². The lowest BCUT2D eigenvalue weighted by Gasteiger charge is -2.23. The van der Waals surface area contributed by atoms with Gasteiger partial charge in [0.2, 0.25) is 11.8 Å². The van der Waals surface area contributed by atoms with Gasteiger partial charge < -0.3 is 14.5 Å². The molecule has 1 saturated heterocycles. The highest BCUT2D eigenvalue weighted by atomic mass is 32.2. The maximum atomic E-state index is 11.9. The maximum Gasteiger partial charge on any atom is 0.290 e. The smallest absolute Gasteiger partial charge is 0.290 e. The first-order valence-corrected chi connectivity index (χ1v) is 11.0. The zero-order valence-corrected chi connectivity index (χ0v) is 18.8. The van der Waals surface area contributed by atoms with Gasteiger partial charge in [-0.2, -0.15) is 4.98 Å². The highest BCUT2D eigenvalue weighted by Gasteiger charge is 2.25. The van der Waals surface area contributed by atoms with E-state index < -0.39 is 5.91 Å². The molecule has 0 unspecified atom stereocenters. The highest BCUT2D eigenvalue weighted by molar-refractivity contribution is 8.18. The Hall–Kier alpha value is -2.91. The minimum absolute atomic E-state index is 0.300. The van der Waals surface area contributed by atoms with E-state index in [0.29, 0.717) is 29.0 Å². The standard InChI is InChI=1S/C22H27N5O3S/c1-4-27(5-2)12-11-26(3)21-23-17(13-18-20(28)25-22(29)31-18)14-19(24-21)30-15-16-9-7-6-8-10-16/h6-10,13-14H,4-5,11-12,15H2,1-3H3,(H,25,28,29)/b18-13+. The molecule has 0 aliphatic carbocycles. The summed E-state index contributed by atoms with van der Waals surface area (Å²) in [6, 6.07) is 11.5. The Balaban J connectivity index is 1.83. The van der Waals surface area contributed by atoms with Gasteiger partial charge in [0.15, 0.2) is 0 Å². The molecule has 3 rings (SSSR count). The van der Waals surface area contributed by atoms with Gasteiger partial charge in [0, 0.05) is 26.2 Å². The van der Waals surface area contributed by atoms with Crippen molar-refractivity contribution in [2.75, 3.05) is 38.1 Å². The molecule has 0 spiro atoms. The quantitative estimate of drug-likeness (QED) is 0.563. The van der Waals surface area contributed by atoms with E-state index in [1.54, 1.807) is 12.1 Å². The van der Waals surface area contributed by atoms with Crippen LogP contribution in [0.4, 0.5) is 10.7 Å². The highest BCUT2D eigenvalue weighted by Crippen LogP contribution is 2.26. The predicted molar refractivity (Wildman–Crippen MR) is 123 cm³/mol. The topological polar surface area (TPSA) is 87.7 Å². The van der Waals surface area contributed by atoms with E-state index in [1.165, 1.54) is 0 Å². The number of benzene rings is 1. The van der Waals surface area contributed by atoms with Crippen LogP contribution in [-0.2, 0) is 11.4 Å². The Morgan fingerprint density at radius 1 is 1.10 bits per heavy atom. The molecule has 1 aromatic carbocycles. The average Bonchev–Trinajstić information content (AvgIpc) is 3.09. The lowest BCUT2D eigenvalue weighted by Crippen LogP contribution is -2.33. The van der Waals surface area contributed by atoms with Crippen LogP contribution in [0.2, 0.25) is 0 Å². The summed E-state index contributed by atoms with van der Waals surface area (Å²) in [7, 11) is 1.93. The third-order valence-electron chi connectivity index (χ3n) is 4.85. The monoisotopic (exact) mass is 441 g/mol. The Kier molecular flexibility index (Phi) is 8.02. The minimum atomic E-state index is -0.420. The molecule has 31 heavy (non-hydrogen) atoms. The zero-order valence-electron chi connectivity index (χ0n) is 18.0. The molecule has 0 saturated carbocycles. The summed E-state index contributed by atoms with van der Waals surface area (Å²) >= 11 is 0.859. The molecule has 1 aromatic heterocycles. The molecular formula is C22H27N5O3S. The van der Waals surface area contributed by atoms with Crippen LogP contribution in [0.5, 0.6) is 5.88 Å². The molecule has 0 radical (unpaired) electrons. The van der Waals surface area contributed by atoms with Crippen molar-refractivity contribution in [2.24, 2.45) is 0 Å². The summed E-state index contributed by atoms with van der Waals surface area (Å²) < 4.78 is 5.91. The molecule has 164 valence electrons. The van der Waals surface area contributed by atoms with Crippen LogP contribution >= 0.6 is 11.8 Å². The van der Waals surface area contributed by atoms with E-state index in [2.05, 4.69) is 34.0 Å². The second-order valence-corrected chi connectivity index (χ2v) is 8.02. The van der Waals surface area contributed by atoms with Crippen molar-refractivity contribution in [1.82, 2.24) is 20.2 Å². The number of carbonyl (C=O) groups excluding carboxylic acids is 2. The van der Waals surface area contributed by atoms with Crippen molar-refractivity contribution in [3.05, 3.63) is 52.6 Å². The van der Waals surface area contributed by atoms with Gasteiger partial charge in [-0.1, -0.05) is 44.2 Å². The van der Waals surface area contributed by atoms with E-state index in [0.717, 1.165) is 43.5 Å². The van der Waals surface area contributed by atoms with Gasteiger partial charge in [-0.25, -0.2) is 4.98 Å². The number of anilines is 1. The zero-order chi connectivity index (χ0) is 22.2. The van der Waals surface area contributed by atoms with Crippen molar-refractivity contribution in [3.63, 3.8) is 0 Å². The van der Waals surface area contributed by atoms with Crippen LogP contribution in [0.1, 0.15) is 25.1 Å².